The zero-order valence-corrected chi connectivity index (χ0v) is 12.2. The highest BCUT2D eigenvalue weighted by Crippen LogP contribution is 2.41. The van der Waals surface area contributed by atoms with E-state index in [9.17, 15) is 8.78 Å². The van der Waals surface area contributed by atoms with Gasteiger partial charge in [0, 0.05) is 18.4 Å². The number of hydrogen-bond donors (Lipinski definition) is 1. The van der Waals surface area contributed by atoms with Crippen molar-refractivity contribution in [3.63, 3.8) is 0 Å². The van der Waals surface area contributed by atoms with Gasteiger partial charge in [-0.1, -0.05) is 11.6 Å². The molecule has 0 aromatic carbocycles. The van der Waals surface area contributed by atoms with E-state index in [1.165, 1.54) is 5.57 Å². The molecular weight excluding hydrogens is 232 g/mol. The second kappa shape index (κ2) is 6.14. The fourth-order valence-electron chi connectivity index (χ4n) is 2.52. The third-order valence-corrected chi connectivity index (χ3v) is 3.41. The smallest absolute Gasteiger partial charge is 0.248 e. The zero-order chi connectivity index (χ0) is 13.8. The molecule has 0 radical (unpaired) electrons. The molecule has 0 heterocycles. The molecule has 0 aromatic heterocycles. The van der Waals surface area contributed by atoms with Crippen LogP contribution in [0.1, 0.15) is 59.8 Å². The number of rotatable bonds is 5. The summed E-state index contributed by atoms with van der Waals surface area (Å²) < 4.78 is 26.1. The number of hydrogen-bond acceptors (Lipinski definition) is 1. The predicted octanol–water partition coefficient (Wildman–Crippen LogP) is 4.54. The van der Waals surface area contributed by atoms with Crippen LogP contribution in [0.15, 0.2) is 11.6 Å². The van der Waals surface area contributed by atoms with Gasteiger partial charge in [0.05, 0.1) is 0 Å². The third-order valence-electron chi connectivity index (χ3n) is 3.41. The Hall–Kier alpha value is -0.440. The van der Waals surface area contributed by atoms with Gasteiger partial charge in [-0.05, 0) is 59.4 Å². The lowest BCUT2D eigenvalue weighted by atomic mass is 9.98. The Morgan fingerprint density at radius 3 is 2.56 bits per heavy atom. The van der Waals surface area contributed by atoms with Crippen LogP contribution in [0.5, 0.6) is 0 Å². The van der Waals surface area contributed by atoms with Crippen molar-refractivity contribution < 1.29 is 8.78 Å². The summed E-state index contributed by atoms with van der Waals surface area (Å²) in [7, 11) is 0. The fraction of sp³-hybridized carbons (Fsp3) is 0.867. The Balaban J connectivity index is 2.22. The van der Waals surface area contributed by atoms with Crippen LogP contribution in [0.25, 0.3) is 0 Å². The van der Waals surface area contributed by atoms with E-state index in [-0.39, 0.29) is 24.3 Å². The van der Waals surface area contributed by atoms with E-state index in [0.717, 1.165) is 19.4 Å². The van der Waals surface area contributed by atoms with Crippen LogP contribution in [0.4, 0.5) is 8.78 Å². The lowest BCUT2D eigenvalue weighted by Crippen LogP contribution is -2.36. The SMILES string of the molecule is CC(=CCCNC(C)(C)C)CC1CCC(F)(F)C1. The summed E-state index contributed by atoms with van der Waals surface area (Å²) in [5.41, 5.74) is 1.41. The molecule has 0 aliphatic heterocycles. The van der Waals surface area contributed by atoms with Gasteiger partial charge < -0.3 is 5.32 Å². The van der Waals surface area contributed by atoms with E-state index in [1.807, 2.05) is 0 Å². The average molecular weight is 259 g/mol. The van der Waals surface area contributed by atoms with E-state index < -0.39 is 5.92 Å². The van der Waals surface area contributed by atoms with Gasteiger partial charge >= 0.3 is 0 Å². The summed E-state index contributed by atoms with van der Waals surface area (Å²) in [5, 5.41) is 3.42. The summed E-state index contributed by atoms with van der Waals surface area (Å²) in [6.45, 7) is 9.44. The van der Waals surface area contributed by atoms with Crippen molar-refractivity contribution in [2.75, 3.05) is 6.54 Å². The van der Waals surface area contributed by atoms with Gasteiger partial charge in [-0.25, -0.2) is 8.78 Å². The first-order valence-corrected chi connectivity index (χ1v) is 6.96. The molecule has 0 saturated heterocycles. The minimum atomic E-state index is -2.40. The Kier molecular flexibility index (Phi) is 5.32. The van der Waals surface area contributed by atoms with Gasteiger partial charge in [0.15, 0.2) is 0 Å². The molecule has 1 rings (SSSR count). The van der Waals surface area contributed by atoms with Crippen molar-refractivity contribution in [2.45, 2.75) is 71.3 Å². The summed E-state index contributed by atoms with van der Waals surface area (Å²) in [6.07, 6.45) is 4.85. The molecule has 1 fully saturated rings. The summed E-state index contributed by atoms with van der Waals surface area (Å²) >= 11 is 0. The average Bonchev–Trinajstić information content (AvgIpc) is 2.51. The molecular formula is C15H27F2N. The van der Waals surface area contributed by atoms with Crippen LogP contribution in [-0.2, 0) is 0 Å². The number of nitrogens with one attached hydrogen (secondary N) is 1. The standard InChI is InChI=1S/C15H27F2N/c1-12(6-5-9-18-14(2,3)4)10-13-7-8-15(16,17)11-13/h6,13,18H,5,7-11H2,1-4H3. The molecule has 1 aliphatic carbocycles. The molecule has 0 aromatic rings. The van der Waals surface area contributed by atoms with Gasteiger partial charge in [0.2, 0.25) is 5.92 Å². The maximum absolute atomic E-state index is 13.1. The topological polar surface area (TPSA) is 12.0 Å². The number of halogens is 2. The molecule has 3 heteroatoms. The quantitative estimate of drug-likeness (QED) is 0.564. The molecule has 1 saturated carbocycles. The Bertz CT molecular complexity index is 289. The molecule has 1 nitrogen and oxygen atoms in total. The lowest BCUT2D eigenvalue weighted by molar-refractivity contribution is 0.00509. The normalized spacial score (nSPS) is 24.6. The van der Waals surface area contributed by atoms with Crippen LogP contribution in [0.2, 0.25) is 0 Å². The van der Waals surface area contributed by atoms with E-state index in [2.05, 4.69) is 39.1 Å². The molecule has 1 atom stereocenters. The molecule has 1 unspecified atom stereocenters. The lowest BCUT2D eigenvalue weighted by Gasteiger charge is -2.20. The molecule has 0 amide bonds. The highest BCUT2D eigenvalue weighted by Gasteiger charge is 2.38. The van der Waals surface area contributed by atoms with E-state index in [1.54, 1.807) is 0 Å². The Morgan fingerprint density at radius 2 is 2.06 bits per heavy atom. The van der Waals surface area contributed by atoms with Crippen LogP contribution in [0, 0.1) is 5.92 Å². The number of allylic oxidation sites excluding steroid dienone is 1. The van der Waals surface area contributed by atoms with E-state index in [4.69, 9.17) is 0 Å². The first-order valence-electron chi connectivity index (χ1n) is 6.96. The van der Waals surface area contributed by atoms with Crippen molar-refractivity contribution in [1.82, 2.24) is 5.32 Å². The maximum atomic E-state index is 13.1. The first-order chi connectivity index (χ1) is 8.18. The van der Waals surface area contributed by atoms with Crippen LogP contribution >= 0.6 is 0 Å². The Morgan fingerprint density at radius 1 is 1.39 bits per heavy atom. The van der Waals surface area contributed by atoms with Gasteiger partial charge in [-0.3, -0.25) is 0 Å². The van der Waals surface area contributed by atoms with Crippen molar-refractivity contribution in [3.8, 4) is 0 Å². The molecule has 0 bridgehead atoms. The monoisotopic (exact) mass is 259 g/mol. The van der Waals surface area contributed by atoms with Crippen molar-refractivity contribution >= 4 is 0 Å². The highest BCUT2D eigenvalue weighted by atomic mass is 19.3. The van der Waals surface area contributed by atoms with Crippen molar-refractivity contribution in [3.05, 3.63) is 11.6 Å². The number of alkyl halides is 2. The van der Waals surface area contributed by atoms with Gasteiger partial charge in [0.25, 0.3) is 0 Å². The molecule has 1 aliphatic rings. The van der Waals surface area contributed by atoms with Crippen LogP contribution in [0.3, 0.4) is 0 Å². The minimum absolute atomic E-state index is 0.0799. The molecule has 0 spiro atoms. The first kappa shape index (κ1) is 15.6. The summed E-state index contributed by atoms with van der Waals surface area (Å²) in [5.74, 6) is -2.22. The largest absolute Gasteiger partial charge is 0.312 e. The zero-order valence-electron chi connectivity index (χ0n) is 12.2. The van der Waals surface area contributed by atoms with E-state index in [0.29, 0.717) is 6.42 Å². The summed E-state index contributed by atoms with van der Waals surface area (Å²) in [4.78, 5) is 0. The predicted molar refractivity (Wildman–Crippen MR) is 73.0 cm³/mol. The third kappa shape index (κ3) is 6.48. The van der Waals surface area contributed by atoms with Crippen LogP contribution in [-0.4, -0.2) is 18.0 Å². The van der Waals surface area contributed by atoms with Crippen molar-refractivity contribution in [2.24, 2.45) is 5.92 Å². The van der Waals surface area contributed by atoms with Gasteiger partial charge in [-0.2, -0.15) is 0 Å². The highest BCUT2D eigenvalue weighted by molar-refractivity contribution is 5.01. The van der Waals surface area contributed by atoms with Crippen molar-refractivity contribution in [1.29, 1.82) is 0 Å². The summed E-state index contributed by atoms with van der Waals surface area (Å²) in [6, 6.07) is 0. The molecule has 106 valence electrons. The van der Waals surface area contributed by atoms with Crippen LogP contribution < -0.4 is 5.32 Å². The van der Waals surface area contributed by atoms with Gasteiger partial charge in [0.1, 0.15) is 0 Å². The second-order valence-corrected chi connectivity index (χ2v) is 6.68. The van der Waals surface area contributed by atoms with Gasteiger partial charge in [-0.15, -0.1) is 0 Å². The fourth-order valence-corrected chi connectivity index (χ4v) is 2.52. The second-order valence-electron chi connectivity index (χ2n) is 6.68. The molecule has 18 heavy (non-hydrogen) atoms. The minimum Gasteiger partial charge on any atom is -0.312 e. The van der Waals surface area contributed by atoms with E-state index >= 15 is 0 Å². The molecule has 1 N–H and O–H groups in total. The Labute approximate surface area is 110 Å². The maximum Gasteiger partial charge on any atom is 0.248 e.